The van der Waals surface area contributed by atoms with Crippen molar-refractivity contribution >= 4 is 23.2 Å². The van der Waals surface area contributed by atoms with Crippen LogP contribution in [0.5, 0.6) is 0 Å². The number of piperazine rings is 1. The zero-order valence-corrected chi connectivity index (χ0v) is 14.2. The Bertz CT molecular complexity index is 714. The number of amides is 1. The first-order chi connectivity index (χ1) is 11.6. The SMILES string of the molecule is O=C(CCc1cccc(F)c1)N1CCN(c2cccc(Cl)c2)CC1. The number of nitrogens with zero attached hydrogens (tertiary/aromatic N) is 2. The average Bonchev–Trinajstić information content (AvgIpc) is 2.60. The smallest absolute Gasteiger partial charge is 0.223 e. The van der Waals surface area contributed by atoms with E-state index in [9.17, 15) is 9.18 Å². The number of benzene rings is 2. The molecule has 0 N–H and O–H groups in total. The van der Waals surface area contributed by atoms with Crippen LogP contribution in [-0.4, -0.2) is 37.0 Å². The molecule has 1 heterocycles. The molecule has 0 atom stereocenters. The average molecular weight is 347 g/mol. The van der Waals surface area contributed by atoms with Crippen molar-refractivity contribution in [3.8, 4) is 0 Å². The molecule has 3 rings (SSSR count). The molecule has 1 fully saturated rings. The van der Waals surface area contributed by atoms with Crippen LogP contribution < -0.4 is 4.90 Å². The Hall–Kier alpha value is -2.07. The molecular weight excluding hydrogens is 327 g/mol. The Morgan fingerprint density at radius 2 is 1.79 bits per heavy atom. The highest BCUT2D eigenvalue weighted by molar-refractivity contribution is 6.30. The van der Waals surface area contributed by atoms with Crippen LogP contribution in [0.15, 0.2) is 48.5 Å². The van der Waals surface area contributed by atoms with Gasteiger partial charge in [0.05, 0.1) is 0 Å². The number of anilines is 1. The number of hydrogen-bond donors (Lipinski definition) is 0. The Morgan fingerprint density at radius 3 is 2.50 bits per heavy atom. The summed E-state index contributed by atoms with van der Waals surface area (Å²) in [4.78, 5) is 16.5. The van der Waals surface area contributed by atoms with Gasteiger partial charge in [0.1, 0.15) is 5.82 Å². The van der Waals surface area contributed by atoms with Crippen molar-refractivity contribution in [1.82, 2.24) is 4.90 Å². The molecule has 1 aliphatic heterocycles. The Kier molecular flexibility index (Phi) is 5.36. The van der Waals surface area contributed by atoms with Crippen LogP contribution in [0, 0.1) is 5.82 Å². The van der Waals surface area contributed by atoms with E-state index in [4.69, 9.17) is 11.6 Å². The van der Waals surface area contributed by atoms with Crippen LogP contribution >= 0.6 is 11.6 Å². The van der Waals surface area contributed by atoms with Gasteiger partial charge in [-0.1, -0.05) is 29.8 Å². The number of carbonyl (C=O) groups excluding carboxylic acids is 1. The third-order valence-electron chi connectivity index (χ3n) is 4.32. The molecule has 5 heteroatoms. The fraction of sp³-hybridized carbons (Fsp3) is 0.316. The predicted octanol–water partition coefficient (Wildman–Crippen LogP) is 3.76. The Morgan fingerprint density at radius 1 is 1.04 bits per heavy atom. The first kappa shape index (κ1) is 16.8. The maximum atomic E-state index is 13.2. The van der Waals surface area contributed by atoms with E-state index < -0.39 is 0 Å². The lowest BCUT2D eigenvalue weighted by Gasteiger charge is -2.36. The van der Waals surface area contributed by atoms with E-state index in [1.165, 1.54) is 12.1 Å². The summed E-state index contributed by atoms with van der Waals surface area (Å²) in [7, 11) is 0. The number of halogens is 2. The van der Waals surface area contributed by atoms with E-state index in [0.717, 1.165) is 29.4 Å². The van der Waals surface area contributed by atoms with Crippen molar-refractivity contribution in [2.24, 2.45) is 0 Å². The largest absolute Gasteiger partial charge is 0.368 e. The summed E-state index contributed by atoms with van der Waals surface area (Å²) in [6.45, 7) is 3.00. The normalized spacial score (nSPS) is 14.8. The van der Waals surface area contributed by atoms with E-state index in [-0.39, 0.29) is 11.7 Å². The van der Waals surface area contributed by atoms with E-state index in [0.29, 0.717) is 25.9 Å². The molecule has 1 amide bonds. The molecule has 1 saturated heterocycles. The van der Waals surface area contributed by atoms with Gasteiger partial charge in [0.2, 0.25) is 5.91 Å². The summed E-state index contributed by atoms with van der Waals surface area (Å²) < 4.78 is 13.2. The number of rotatable bonds is 4. The zero-order valence-electron chi connectivity index (χ0n) is 13.4. The summed E-state index contributed by atoms with van der Waals surface area (Å²) >= 11 is 6.04. The molecule has 0 aliphatic carbocycles. The van der Waals surface area contributed by atoms with Crippen molar-refractivity contribution in [2.45, 2.75) is 12.8 Å². The number of carbonyl (C=O) groups is 1. The van der Waals surface area contributed by atoms with E-state index in [2.05, 4.69) is 4.90 Å². The fourth-order valence-electron chi connectivity index (χ4n) is 2.99. The van der Waals surface area contributed by atoms with E-state index >= 15 is 0 Å². The van der Waals surface area contributed by atoms with Gasteiger partial charge in [-0.2, -0.15) is 0 Å². The van der Waals surface area contributed by atoms with Crippen molar-refractivity contribution in [3.63, 3.8) is 0 Å². The van der Waals surface area contributed by atoms with Crippen LogP contribution in [0.1, 0.15) is 12.0 Å². The highest BCUT2D eigenvalue weighted by atomic mass is 35.5. The monoisotopic (exact) mass is 346 g/mol. The van der Waals surface area contributed by atoms with Gasteiger partial charge in [-0.05, 0) is 42.3 Å². The van der Waals surface area contributed by atoms with Gasteiger partial charge in [0, 0.05) is 43.3 Å². The van der Waals surface area contributed by atoms with Crippen LogP contribution in [0.2, 0.25) is 5.02 Å². The third-order valence-corrected chi connectivity index (χ3v) is 4.56. The highest BCUT2D eigenvalue weighted by Crippen LogP contribution is 2.21. The topological polar surface area (TPSA) is 23.6 Å². The first-order valence-electron chi connectivity index (χ1n) is 8.14. The lowest BCUT2D eigenvalue weighted by atomic mass is 10.1. The minimum atomic E-state index is -0.255. The molecule has 2 aromatic rings. The molecule has 0 radical (unpaired) electrons. The molecular formula is C19H20ClFN2O. The van der Waals surface area contributed by atoms with Crippen LogP contribution in [0.4, 0.5) is 10.1 Å². The van der Waals surface area contributed by atoms with E-state index in [1.807, 2.05) is 35.2 Å². The van der Waals surface area contributed by atoms with Crippen molar-refractivity contribution in [1.29, 1.82) is 0 Å². The predicted molar refractivity (Wildman–Crippen MR) is 95.0 cm³/mol. The Balaban J connectivity index is 1.50. The second-order valence-corrected chi connectivity index (χ2v) is 6.41. The molecule has 0 bridgehead atoms. The second-order valence-electron chi connectivity index (χ2n) is 5.98. The van der Waals surface area contributed by atoms with Crippen molar-refractivity contribution in [3.05, 3.63) is 64.9 Å². The van der Waals surface area contributed by atoms with Crippen LogP contribution in [-0.2, 0) is 11.2 Å². The van der Waals surface area contributed by atoms with Gasteiger partial charge < -0.3 is 9.80 Å². The molecule has 0 aromatic heterocycles. The molecule has 0 unspecified atom stereocenters. The molecule has 2 aromatic carbocycles. The lowest BCUT2D eigenvalue weighted by Crippen LogP contribution is -2.48. The van der Waals surface area contributed by atoms with Crippen molar-refractivity contribution < 1.29 is 9.18 Å². The van der Waals surface area contributed by atoms with Gasteiger partial charge in [-0.3, -0.25) is 4.79 Å². The van der Waals surface area contributed by atoms with Gasteiger partial charge in [0.25, 0.3) is 0 Å². The minimum absolute atomic E-state index is 0.130. The summed E-state index contributed by atoms with van der Waals surface area (Å²) in [6.07, 6.45) is 0.992. The molecule has 0 spiro atoms. The number of aryl methyl sites for hydroxylation is 1. The number of hydrogen-bond acceptors (Lipinski definition) is 2. The van der Waals surface area contributed by atoms with Gasteiger partial charge >= 0.3 is 0 Å². The van der Waals surface area contributed by atoms with Gasteiger partial charge in [0.15, 0.2) is 0 Å². The highest BCUT2D eigenvalue weighted by Gasteiger charge is 2.21. The maximum Gasteiger partial charge on any atom is 0.223 e. The van der Waals surface area contributed by atoms with Gasteiger partial charge in [-0.25, -0.2) is 4.39 Å². The third kappa shape index (κ3) is 4.26. The second kappa shape index (κ2) is 7.67. The minimum Gasteiger partial charge on any atom is -0.368 e. The van der Waals surface area contributed by atoms with E-state index in [1.54, 1.807) is 6.07 Å². The summed E-state index contributed by atoms with van der Waals surface area (Å²) in [5.41, 5.74) is 1.95. The zero-order chi connectivity index (χ0) is 16.9. The van der Waals surface area contributed by atoms with Gasteiger partial charge in [-0.15, -0.1) is 0 Å². The van der Waals surface area contributed by atoms with Crippen LogP contribution in [0.3, 0.4) is 0 Å². The molecule has 0 saturated carbocycles. The maximum absolute atomic E-state index is 13.2. The molecule has 24 heavy (non-hydrogen) atoms. The quantitative estimate of drug-likeness (QED) is 0.841. The lowest BCUT2D eigenvalue weighted by molar-refractivity contribution is -0.131. The standard InChI is InChI=1S/C19H20ClFN2O/c20-16-4-2-6-18(14-16)22-9-11-23(12-10-22)19(24)8-7-15-3-1-5-17(21)13-15/h1-6,13-14H,7-12H2. The fourth-order valence-corrected chi connectivity index (χ4v) is 3.17. The van der Waals surface area contributed by atoms with Crippen molar-refractivity contribution in [2.75, 3.05) is 31.1 Å². The first-order valence-corrected chi connectivity index (χ1v) is 8.52. The molecule has 126 valence electrons. The summed E-state index contributed by atoms with van der Waals surface area (Å²) in [6, 6.07) is 14.2. The molecule has 1 aliphatic rings. The Labute approximate surface area is 146 Å². The summed E-state index contributed by atoms with van der Waals surface area (Å²) in [5, 5.41) is 0.723. The summed E-state index contributed by atoms with van der Waals surface area (Å²) in [5.74, 6) is -0.125. The van der Waals surface area contributed by atoms with Crippen LogP contribution in [0.25, 0.3) is 0 Å². The molecule has 3 nitrogen and oxygen atoms in total.